The minimum Gasteiger partial charge on any atom is -0.495 e. The Kier molecular flexibility index (Phi) is 7.49. The second-order valence-corrected chi connectivity index (χ2v) is 10.3. The number of anilines is 1. The highest BCUT2D eigenvalue weighted by Gasteiger charge is 2.28. The Hall–Kier alpha value is -1.36. The first-order valence-corrected chi connectivity index (χ1v) is 12.1. The van der Waals surface area contributed by atoms with Crippen LogP contribution >= 0.6 is 0 Å². The maximum Gasteiger partial charge on any atom is 0.244 e. The van der Waals surface area contributed by atoms with Gasteiger partial charge in [-0.2, -0.15) is 0 Å². The summed E-state index contributed by atoms with van der Waals surface area (Å²) in [7, 11) is -5.91. The number of benzene rings is 1. The Morgan fingerprint density at radius 1 is 1.26 bits per heavy atom. The van der Waals surface area contributed by atoms with Crippen molar-refractivity contribution in [2.75, 3.05) is 36.9 Å². The molecule has 0 spiro atoms. The molecule has 1 aliphatic heterocycles. The fraction of sp³-hybridized carbons (Fsp3) is 0.647. The first-order chi connectivity index (χ1) is 12.7. The summed E-state index contributed by atoms with van der Waals surface area (Å²) in [5.74, 6) is 0.231. The number of nitrogens with one attached hydrogen (secondary N) is 1. The van der Waals surface area contributed by atoms with Gasteiger partial charge >= 0.3 is 0 Å². The van der Waals surface area contributed by atoms with Crippen LogP contribution in [0.3, 0.4) is 0 Å². The van der Waals surface area contributed by atoms with Crippen LogP contribution in [0.4, 0.5) is 5.69 Å². The van der Waals surface area contributed by atoms with Gasteiger partial charge < -0.3 is 9.47 Å². The lowest BCUT2D eigenvalue weighted by atomic mass is 10.2. The molecule has 1 heterocycles. The standard InChI is InChI=1S/C17H28N2O6S2/c1-14(2)25-11-6-9-18-27(22,23)17-13-15(7-8-16(17)24-3)19-10-4-5-12-26(19,20)21/h7-8,13-14,18H,4-6,9-12H2,1-3H3. The Morgan fingerprint density at radius 3 is 2.63 bits per heavy atom. The van der Waals surface area contributed by atoms with E-state index in [-0.39, 0.29) is 29.0 Å². The van der Waals surface area contributed by atoms with Gasteiger partial charge in [-0.15, -0.1) is 0 Å². The molecule has 10 heteroatoms. The maximum atomic E-state index is 12.7. The van der Waals surface area contributed by atoms with Crippen molar-refractivity contribution >= 4 is 25.7 Å². The van der Waals surface area contributed by atoms with Gasteiger partial charge in [0.15, 0.2) is 0 Å². The molecule has 1 aliphatic rings. The molecule has 0 saturated carbocycles. The molecule has 1 aromatic rings. The average Bonchev–Trinajstić information content (AvgIpc) is 2.60. The Balaban J connectivity index is 2.21. The number of sulfonamides is 2. The molecule has 0 amide bonds. The molecule has 2 rings (SSSR count). The highest BCUT2D eigenvalue weighted by molar-refractivity contribution is 7.92. The molecular weight excluding hydrogens is 392 g/mol. The van der Waals surface area contributed by atoms with Crippen molar-refractivity contribution < 1.29 is 26.3 Å². The minimum absolute atomic E-state index is 0.0647. The average molecular weight is 421 g/mol. The number of nitrogens with zero attached hydrogens (tertiary/aromatic N) is 1. The second kappa shape index (κ2) is 9.22. The van der Waals surface area contributed by atoms with E-state index < -0.39 is 20.0 Å². The summed E-state index contributed by atoms with van der Waals surface area (Å²) < 4.78 is 64.4. The fourth-order valence-corrected chi connectivity index (χ4v) is 5.68. The van der Waals surface area contributed by atoms with Gasteiger partial charge in [0.05, 0.1) is 24.7 Å². The van der Waals surface area contributed by atoms with Crippen LogP contribution in [-0.4, -0.2) is 55.5 Å². The summed E-state index contributed by atoms with van der Waals surface area (Å²) in [6, 6.07) is 4.40. The predicted molar refractivity (Wildman–Crippen MR) is 104 cm³/mol. The summed E-state index contributed by atoms with van der Waals surface area (Å²) in [5, 5.41) is 0. The van der Waals surface area contributed by atoms with E-state index in [1.807, 2.05) is 13.8 Å². The van der Waals surface area contributed by atoms with Crippen LogP contribution in [0.2, 0.25) is 0 Å². The first-order valence-electron chi connectivity index (χ1n) is 8.97. The Bertz CT molecular complexity index is 837. The van der Waals surface area contributed by atoms with Crippen molar-refractivity contribution in [1.29, 1.82) is 0 Å². The highest BCUT2D eigenvalue weighted by Crippen LogP contribution is 2.31. The molecule has 1 fully saturated rings. The van der Waals surface area contributed by atoms with E-state index >= 15 is 0 Å². The van der Waals surface area contributed by atoms with Crippen molar-refractivity contribution in [2.45, 2.75) is 44.1 Å². The van der Waals surface area contributed by atoms with E-state index in [1.165, 1.54) is 23.5 Å². The lowest BCUT2D eigenvalue weighted by Gasteiger charge is -2.28. The van der Waals surface area contributed by atoms with Crippen molar-refractivity contribution in [1.82, 2.24) is 4.72 Å². The van der Waals surface area contributed by atoms with Gasteiger partial charge in [0.2, 0.25) is 20.0 Å². The largest absolute Gasteiger partial charge is 0.495 e. The third kappa shape index (κ3) is 5.81. The SMILES string of the molecule is COc1ccc(N2CCCCS2(=O)=O)cc1S(=O)(=O)NCCCOC(C)C. The molecule has 0 unspecified atom stereocenters. The normalized spacial score (nSPS) is 17.3. The van der Waals surface area contributed by atoms with Gasteiger partial charge in [0.1, 0.15) is 10.6 Å². The predicted octanol–water partition coefficient (Wildman–Crippen LogP) is 1.72. The van der Waals surface area contributed by atoms with Crippen LogP contribution in [0.1, 0.15) is 33.1 Å². The number of hydrogen-bond donors (Lipinski definition) is 1. The third-order valence-corrected chi connectivity index (χ3v) is 7.49. The summed E-state index contributed by atoms with van der Waals surface area (Å²) >= 11 is 0. The van der Waals surface area contributed by atoms with E-state index in [0.29, 0.717) is 31.7 Å². The van der Waals surface area contributed by atoms with Crippen LogP contribution in [-0.2, 0) is 24.8 Å². The highest BCUT2D eigenvalue weighted by atomic mass is 32.2. The van der Waals surface area contributed by atoms with Crippen molar-refractivity contribution in [3.8, 4) is 5.75 Å². The number of rotatable bonds is 9. The molecule has 0 radical (unpaired) electrons. The summed E-state index contributed by atoms with van der Waals surface area (Å²) in [5.41, 5.74) is 0.332. The Labute approximate surface area is 161 Å². The van der Waals surface area contributed by atoms with Crippen LogP contribution in [0.5, 0.6) is 5.75 Å². The van der Waals surface area contributed by atoms with Crippen molar-refractivity contribution in [2.24, 2.45) is 0 Å². The van der Waals surface area contributed by atoms with Crippen LogP contribution < -0.4 is 13.8 Å². The summed E-state index contributed by atoms with van der Waals surface area (Å²) in [6.07, 6.45) is 1.96. The van der Waals surface area contributed by atoms with Gasteiger partial charge in [0.25, 0.3) is 0 Å². The molecule has 8 nitrogen and oxygen atoms in total. The number of methoxy groups -OCH3 is 1. The van der Waals surface area contributed by atoms with E-state index in [0.717, 1.165) is 6.42 Å². The minimum atomic E-state index is -3.85. The quantitative estimate of drug-likeness (QED) is 0.610. The summed E-state index contributed by atoms with van der Waals surface area (Å²) in [6.45, 7) is 4.83. The molecule has 0 aliphatic carbocycles. The van der Waals surface area contributed by atoms with E-state index in [2.05, 4.69) is 4.72 Å². The lowest BCUT2D eigenvalue weighted by molar-refractivity contribution is 0.0778. The van der Waals surface area contributed by atoms with Gasteiger partial charge in [-0.3, -0.25) is 4.31 Å². The smallest absolute Gasteiger partial charge is 0.244 e. The zero-order valence-electron chi connectivity index (χ0n) is 16.0. The second-order valence-electron chi connectivity index (χ2n) is 6.60. The Morgan fingerprint density at radius 2 is 2.00 bits per heavy atom. The number of hydrogen-bond acceptors (Lipinski definition) is 6. The van der Waals surface area contributed by atoms with Crippen LogP contribution in [0.25, 0.3) is 0 Å². The van der Waals surface area contributed by atoms with E-state index in [4.69, 9.17) is 9.47 Å². The first kappa shape index (κ1) is 21.9. The fourth-order valence-electron chi connectivity index (χ4n) is 2.78. The molecular formula is C17H28N2O6S2. The molecule has 27 heavy (non-hydrogen) atoms. The van der Waals surface area contributed by atoms with E-state index in [9.17, 15) is 16.8 Å². The van der Waals surface area contributed by atoms with Crippen molar-refractivity contribution in [3.63, 3.8) is 0 Å². The zero-order valence-corrected chi connectivity index (χ0v) is 17.6. The lowest BCUT2D eigenvalue weighted by Crippen LogP contribution is -2.38. The maximum absolute atomic E-state index is 12.7. The van der Waals surface area contributed by atoms with Crippen LogP contribution in [0.15, 0.2) is 23.1 Å². The third-order valence-electron chi connectivity index (χ3n) is 4.14. The van der Waals surface area contributed by atoms with Gasteiger partial charge in [-0.05, 0) is 51.3 Å². The van der Waals surface area contributed by atoms with Gasteiger partial charge in [-0.25, -0.2) is 21.6 Å². The number of ether oxygens (including phenoxy) is 2. The molecule has 1 saturated heterocycles. The molecule has 0 aromatic heterocycles. The van der Waals surface area contributed by atoms with E-state index in [1.54, 1.807) is 6.07 Å². The molecule has 0 atom stereocenters. The van der Waals surface area contributed by atoms with Crippen molar-refractivity contribution in [3.05, 3.63) is 18.2 Å². The summed E-state index contributed by atoms with van der Waals surface area (Å²) in [4.78, 5) is -0.0759. The van der Waals surface area contributed by atoms with Gasteiger partial charge in [0, 0.05) is 19.7 Å². The topological polar surface area (TPSA) is 102 Å². The molecule has 0 bridgehead atoms. The monoisotopic (exact) mass is 420 g/mol. The molecule has 1 aromatic carbocycles. The molecule has 154 valence electrons. The zero-order chi connectivity index (χ0) is 20.1. The van der Waals surface area contributed by atoms with Gasteiger partial charge in [-0.1, -0.05) is 0 Å². The van der Waals surface area contributed by atoms with Crippen LogP contribution in [0, 0.1) is 0 Å². The molecule has 1 N–H and O–H groups in total.